The third-order valence-corrected chi connectivity index (χ3v) is 2.82. The van der Waals surface area contributed by atoms with E-state index >= 15 is 0 Å². The van der Waals surface area contributed by atoms with Crippen molar-refractivity contribution in [3.8, 4) is 12.1 Å². The van der Waals surface area contributed by atoms with E-state index in [2.05, 4.69) is 9.47 Å². The fraction of sp³-hybridized carbons (Fsp3) is 0.333. The Morgan fingerprint density at radius 3 is 2.04 bits per heavy atom. The second-order valence-electron chi connectivity index (χ2n) is 4.17. The molecule has 0 N–H and O–H groups in total. The van der Waals surface area contributed by atoms with Gasteiger partial charge in [0.1, 0.15) is 29.3 Å². The lowest BCUT2D eigenvalue weighted by Crippen LogP contribution is -2.28. The highest BCUT2D eigenvalue weighted by Crippen LogP contribution is 2.29. The van der Waals surface area contributed by atoms with Gasteiger partial charge < -0.3 is 9.47 Å². The molecule has 0 amide bonds. The first kappa shape index (κ1) is 18.1. The number of hydrogen-bond acceptors (Lipinski definition) is 6. The molecule has 0 unspecified atom stereocenters. The van der Waals surface area contributed by atoms with Gasteiger partial charge >= 0.3 is 11.9 Å². The van der Waals surface area contributed by atoms with Gasteiger partial charge in [0.15, 0.2) is 5.92 Å². The van der Waals surface area contributed by atoms with Crippen molar-refractivity contribution in [2.75, 3.05) is 13.2 Å². The second-order valence-corrected chi connectivity index (χ2v) is 4.17. The van der Waals surface area contributed by atoms with Gasteiger partial charge in [-0.25, -0.2) is 8.78 Å². The summed E-state index contributed by atoms with van der Waals surface area (Å²) in [4.78, 5) is 23.8. The molecule has 0 atom stereocenters. The predicted molar refractivity (Wildman–Crippen MR) is 71.8 cm³/mol. The van der Waals surface area contributed by atoms with Gasteiger partial charge in [0.25, 0.3) is 0 Å². The van der Waals surface area contributed by atoms with Crippen LogP contribution in [0.15, 0.2) is 6.07 Å². The number of esters is 2. The Labute approximate surface area is 130 Å². The number of ether oxygens (including phenoxy) is 2. The Morgan fingerprint density at radius 2 is 1.65 bits per heavy atom. The Bertz CT molecular complexity index is 702. The number of benzene rings is 1. The van der Waals surface area contributed by atoms with Crippen LogP contribution in [0.5, 0.6) is 0 Å². The molecule has 0 bridgehead atoms. The van der Waals surface area contributed by atoms with Crippen LogP contribution >= 0.6 is 0 Å². The summed E-state index contributed by atoms with van der Waals surface area (Å²) in [5.41, 5.74) is -2.28. The number of rotatable bonds is 5. The van der Waals surface area contributed by atoms with Crippen LogP contribution < -0.4 is 0 Å². The number of carbonyl (C=O) groups is 2. The Morgan fingerprint density at radius 1 is 1.13 bits per heavy atom. The average Bonchev–Trinajstić information content (AvgIpc) is 2.50. The van der Waals surface area contributed by atoms with Gasteiger partial charge in [-0.15, -0.1) is 0 Å². The Balaban J connectivity index is 3.60. The van der Waals surface area contributed by atoms with Crippen molar-refractivity contribution < 1.29 is 27.8 Å². The fourth-order valence-corrected chi connectivity index (χ4v) is 1.88. The van der Waals surface area contributed by atoms with Gasteiger partial charge in [-0.05, 0) is 19.9 Å². The highest BCUT2D eigenvalue weighted by Gasteiger charge is 2.38. The zero-order valence-corrected chi connectivity index (χ0v) is 12.4. The number of nitriles is 2. The average molecular weight is 322 g/mol. The maximum atomic E-state index is 14.4. The maximum Gasteiger partial charge on any atom is 0.325 e. The zero-order valence-electron chi connectivity index (χ0n) is 12.4. The highest BCUT2D eigenvalue weighted by atomic mass is 19.1. The molecule has 23 heavy (non-hydrogen) atoms. The van der Waals surface area contributed by atoms with Crippen molar-refractivity contribution in [1.29, 1.82) is 10.5 Å². The third-order valence-electron chi connectivity index (χ3n) is 2.82. The van der Waals surface area contributed by atoms with E-state index in [1.807, 2.05) is 0 Å². The normalized spacial score (nSPS) is 9.87. The number of nitrogens with zero attached hydrogens (tertiary/aromatic N) is 2. The molecule has 6 nitrogen and oxygen atoms in total. The standard InChI is InChI=1S/C15H12F2N2O4/c1-3-22-14(20)12(15(21)23-4-2)11-10(16)5-8(6-18)9(7-19)13(11)17/h5,12H,3-4H2,1-2H3. The van der Waals surface area contributed by atoms with Crippen LogP contribution in [0, 0.1) is 34.3 Å². The maximum absolute atomic E-state index is 14.4. The Kier molecular flexibility index (Phi) is 6.16. The summed E-state index contributed by atoms with van der Waals surface area (Å²) in [7, 11) is 0. The smallest absolute Gasteiger partial charge is 0.325 e. The van der Waals surface area contributed by atoms with Crippen LogP contribution in [0.1, 0.15) is 36.5 Å². The first-order valence-electron chi connectivity index (χ1n) is 6.58. The molecular formula is C15H12F2N2O4. The lowest BCUT2D eigenvalue weighted by Gasteiger charge is -2.16. The van der Waals surface area contributed by atoms with E-state index in [4.69, 9.17) is 10.5 Å². The molecule has 8 heteroatoms. The molecule has 0 heterocycles. The van der Waals surface area contributed by atoms with Gasteiger partial charge in [-0.2, -0.15) is 10.5 Å². The Hall–Kier alpha value is -3.00. The second kappa shape index (κ2) is 7.85. The van der Waals surface area contributed by atoms with E-state index in [1.54, 1.807) is 0 Å². The first-order valence-corrected chi connectivity index (χ1v) is 6.58. The zero-order chi connectivity index (χ0) is 17.6. The van der Waals surface area contributed by atoms with Crippen molar-refractivity contribution in [1.82, 2.24) is 0 Å². The number of halogens is 2. The fourth-order valence-electron chi connectivity index (χ4n) is 1.88. The van der Waals surface area contributed by atoms with Crippen LogP contribution in [0.4, 0.5) is 8.78 Å². The van der Waals surface area contributed by atoms with E-state index in [9.17, 15) is 18.4 Å². The van der Waals surface area contributed by atoms with Gasteiger partial charge in [0.2, 0.25) is 0 Å². The summed E-state index contributed by atoms with van der Waals surface area (Å²) in [6.07, 6.45) is 0. The summed E-state index contributed by atoms with van der Waals surface area (Å²) in [6, 6.07) is 3.46. The van der Waals surface area contributed by atoms with Crippen molar-refractivity contribution in [3.05, 3.63) is 34.4 Å². The SMILES string of the molecule is CCOC(=O)C(C(=O)OCC)c1c(F)cc(C#N)c(C#N)c1F. The summed E-state index contributed by atoms with van der Waals surface area (Å²) < 4.78 is 37.8. The largest absolute Gasteiger partial charge is 0.465 e. The molecule has 0 radical (unpaired) electrons. The molecule has 0 aromatic heterocycles. The van der Waals surface area contributed by atoms with Gasteiger partial charge in [0, 0.05) is 0 Å². The van der Waals surface area contributed by atoms with Crippen LogP contribution in [0.2, 0.25) is 0 Å². The van der Waals surface area contributed by atoms with Crippen molar-refractivity contribution in [2.45, 2.75) is 19.8 Å². The number of hydrogen-bond donors (Lipinski definition) is 0. The first-order chi connectivity index (χ1) is 10.9. The minimum atomic E-state index is -2.02. The summed E-state index contributed by atoms with van der Waals surface area (Å²) >= 11 is 0. The molecule has 1 aromatic rings. The van der Waals surface area contributed by atoms with Crippen molar-refractivity contribution >= 4 is 11.9 Å². The van der Waals surface area contributed by atoms with Crippen LogP contribution in [-0.4, -0.2) is 25.2 Å². The molecule has 120 valence electrons. The summed E-state index contributed by atoms with van der Waals surface area (Å²) in [6.45, 7) is 2.65. The van der Waals surface area contributed by atoms with Gasteiger partial charge in [-0.1, -0.05) is 0 Å². The van der Waals surface area contributed by atoms with E-state index in [0.717, 1.165) is 0 Å². The summed E-state index contributed by atoms with van der Waals surface area (Å²) in [5.74, 6) is -7.22. The third kappa shape index (κ3) is 3.61. The molecule has 0 saturated heterocycles. The lowest BCUT2D eigenvalue weighted by atomic mass is 9.93. The van der Waals surface area contributed by atoms with Crippen LogP contribution in [-0.2, 0) is 19.1 Å². The minimum Gasteiger partial charge on any atom is -0.465 e. The number of carbonyl (C=O) groups excluding carboxylic acids is 2. The topological polar surface area (TPSA) is 100 Å². The van der Waals surface area contributed by atoms with Gasteiger partial charge in [0.05, 0.1) is 24.3 Å². The highest BCUT2D eigenvalue weighted by molar-refractivity contribution is 6.01. The molecule has 0 saturated carbocycles. The van der Waals surface area contributed by atoms with E-state index in [0.29, 0.717) is 6.07 Å². The molecule has 0 aliphatic heterocycles. The van der Waals surface area contributed by atoms with Crippen LogP contribution in [0.3, 0.4) is 0 Å². The molecule has 0 aliphatic rings. The van der Waals surface area contributed by atoms with E-state index < -0.39 is 46.2 Å². The molecule has 0 aliphatic carbocycles. The quantitative estimate of drug-likeness (QED) is 0.606. The van der Waals surface area contributed by atoms with E-state index in [1.165, 1.54) is 26.0 Å². The van der Waals surface area contributed by atoms with Gasteiger partial charge in [-0.3, -0.25) is 9.59 Å². The monoisotopic (exact) mass is 322 g/mol. The molecule has 1 aromatic carbocycles. The lowest BCUT2D eigenvalue weighted by molar-refractivity contribution is -0.157. The predicted octanol–water partition coefficient (Wildman–Crippen LogP) is 1.92. The van der Waals surface area contributed by atoms with Crippen LogP contribution in [0.25, 0.3) is 0 Å². The minimum absolute atomic E-state index is 0.126. The molecule has 0 fully saturated rings. The molecular weight excluding hydrogens is 310 g/mol. The van der Waals surface area contributed by atoms with E-state index in [-0.39, 0.29) is 13.2 Å². The summed E-state index contributed by atoms with van der Waals surface area (Å²) in [5, 5.41) is 17.7. The molecule has 1 rings (SSSR count). The molecule has 0 spiro atoms. The van der Waals surface area contributed by atoms with Crippen molar-refractivity contribution in [3.63, 3.8) is 0 Å². The van der Waals surface area contributed by atoms with Crippen molar-refractivity contribution in [2.24, 2.45) is 0 Å².